The standard InChI is InChI=1S/C38H58N4O8S/c1-37(2,3)50-36(47)42-22-29(39-24-42)21-31(35(46)40-30(20-26-15-11-8-12-16-26)33(44)32(43)27-17-18-27)41-34(45)28(19-25-13-9-7-10-14-25)23-51(48,49)38(4,5)6/h7,9-10,13-14,22,24,26-28,30-33,43-44H,8,11-12,15-21,23H2,1-6H3,(H,40,46)(H,41,45)/t28-,30+,31+,32+,33-/m1/s1. The van der Waals surface area contributed by atoms with Gasteiger partial charge in [0.1, 0.15) is 24.1 Å². The molecule has 1 aromatic heterocycles. The van der Waals surface area contributed by atoms with E-state index in [0.717, 1.165) is 55.1 Å². The smallest absolute Gasteiger partial charge is 0.419 e. The van der Waals surface area contributed by atoms with E-state index < -0.39 is 74.1 Å². The third-order valence-electron chi connectivity index (χ3n) is 9.84. The van der Waals surface area contributed by atoms with Gasteiger partial charge in [-0.05, 0) is 84.6 Å². The summed E-state index contributed by atoms with van der Waals surface area (Å²) in [5.41, 5.74) is 0.326. The van der Waals surface area contributed by atoms with Crippen molar-refractivity contribution < 1.29 is 37.8 Å². The van der Waals surface area contributed by atoms with Crippen molar-refractivity contribution in [3.05, 3.63) is 54.1 Å². The van der Waals surface area contributed by atoms with Gasteiger partial charge in [0.15, 0.2) is 9.84 Å². The van der Waals surface area contributed by atoms with E-state index in [-0.39, 0.29) is 24.7 Å². The first-order valence-corrected chi connectivity index (χ1v) is 20.0. The highest BCUT2D eigenvalue weighted by atomic mass is 32.2. The fraction of sp³-hybridized carbons (Fsp3) is 0.684. The minimum absolute atomic E-state index is 0.0263. The number of amides is 2. The molecule has 0 saturated heterocycles. The van der Waals surface area contributed by atoms with Crippen LogP contribution in [0.3, 0.4) is 0 Å². The summed E-state index contributed by atoms with van der Waals surface area (Å²) in [6.45, 7) is 9.98. The number of carbonyl (C=O) groups excluding carboxylic acids is 3. The molecule has 1 aromatic carbocycles. The highest BCUT2D eigenvalue weighted by molar-refractivity contribution is 7.92. The van der Waals surface area contributed by atoms with Gasteiger partial charge < -0.3 is 25.6 Å². The zero-order chi connectivity index (χ0) is 37.6. The molecule has 2 fully saturated rings. The van der Waals surface area contributed by atoms with Crippen LogP contribution in [0.5, 0.6) is 0 Å². The van der Waals surface area contributed by atoms with E-state index in [4.69, 9.17) is 4.74 Å². The monoisotopic (exact) mass is 730 g/mol. The number of nitrogens with zero attached hydrogens (tertiary/aromatic N) is 2. The van der Waals surface area contributed by atoms with Crippen LogP contribution in [0.25, 0.3) is 0 Å². The second-order valence-electron chi connectivity index (χ2n) is 16.5. The molecule has 0 radical (unpaired) electrons. The van der Waals surface area contributed by atoms with Gasteiger partial charge in [0.25, 0.3) is 0 Å². The van der Waals surface area contributed by atoms with E-state index in [9.17, 15) is 33.0 Å². The molecular weight excluding hydrogens is 673 g/mol. The first-order chi connectivity index (χ1) is 23.8. The zero-order valence-electron chi connectivity index (χ0n) is 31.0. The van der Waals surface area contributed by atoms with E-state index in [2.05, 4.69) is 15.6 Å². The molecule has 284 valence electrons. The number of nitrogens with one attached hydrogen (secondary N) is 2. The zero-order valence-corrected chi connectivity index (χ0v) is 31.8. The van der Waals surface area contributed by atoms with Gasteiger partial charge in [0.2, 0.25) is 11.8 Å². The highest BCUT2D eigenvalue weighted by Gasteiger charge is 2.41. The van der Waals surface area contributed by atoms with Crippen molar-refractivity contribution in [2.75, 3.05) is 5.75 Å². The first-order valence-electron chi connectivity index (χ1n) is 18.3. The Labute approximate surface area is 303 Å². The Balaban J connectivity index is 1.63. The van der Waals surface area contributed by atoms with Crippen LogP contribution in [0.2, 0.25) is 0 Å². The number of aliphatic hydroxyl groups is 2. The second-order valence-corrected chi connectivity index (χ2v) is 19.3. The molecule has 2 saturated carbocycles. The Morgan fingerprint density at radius 3 is 2.16 bits per heavy atom. The number of aromatic nitrogens is 2. The fourth-order valence-corrected chi connectivity index (χ4v) is 7.83. The molecule has 2 aromatic rings. The molecule has 12 nitrogen and oxygen atoms in total. The van der Waals surface area contributed by atoms with Crippen molar-refractivity contribution in [1.29, 1.82) is 0 Å². The van der Waals surface area contributed by atoms with Crippen molar-refractivity contribution in [2.24, 2.45) is 17.8 Å². The molecule has 13 heteroatoms. The number of rotatable bonds is 15. The quantitative estimate of drug-likeness (QED) is 0.208. The molecule has 2 aliphatic rings. The molecule has 2 amide bonds. The van der Waals surface area contributed by atoms with Gasteiger partial charge in [0, 0.05) is 12.6 Å². The van der Waals surface area contributed by atoms with Crippen LogP contribution < -0.4 is 10.6 Å². The lowest BCUT2D eigenvalue weighted by Gasteiger charge is -2.33. The van der Waals surface area contributed by atoms with E-state index in [1.807, 2.05) is 30.3 Å². The molecule has 4 rings (SSSR count). The Bertz CT molecular complexity index is 1570. The third-order valence-corrected chi connectivity index (χ3v) is 12.6. The molecule has 1 heterocycles. The van der Waals surface area contributed by atoms with Gasteiger partial charge >= 0.3 is 6.09 Å². The Morgan fingerprint density at radius 1 is 0.922 bits per heavy atom. The van der Waals surface area contributed by atoms with Gasteiger partial charge in [-0.25, -0.2) is 22.8 Å². The maximum atomic E-state index is 14.2. The van der Waals surface area contributed by atoms with Crippen LogP contribution in [0, 0.1) is 17.8 Å². The van der Waals surface area contributed by atoms with Crippen molar-refractivity contribution >= 4 is 27.7 Å². The van der Waals surface area contributed by atoms with E-state index in [1.54, 1.807) is 41.5 Å². The summed E-state index contributed by atoms with van der Waals surface area (Å²) in [6.07, 6.45) is 7.12. The number of ether oxygens (including phenoxy) is 1. The minimum atomic E-state index is -3.75. The number of hydrogen-bond donors (Lipinski definition) is 4. The normalized spacial score (nSPS) is 19.0. The van der Waals surface area contributed by atoms with Crippen LogP contribution in [-0.2, 0) is 37.0 Å². The number of sulfone groups is 1. The molecule has 0 spiro atoms. The van der Waals surface area contributed by atoms with Crippen molar-refractivity contribution in [1.82, 2.24) is 20.2 Å². The lowest BCUT2D eigenvalue weighted by atomic mass is 9.82. The number of aliphatic hydroxyl groups excluding tert-OH is 2. The van der Waals surface area contributed by atoms with Gasteiger partial charge in [-0.1, -0.05) is 62.4 Å². The molecular formula is C38H58N4O8S. The summed E-state index contributed by atoms with van der Waals surface area (Å²) in [4.78, 5) is 45.4. The average Bonchev–Trinajstić information content (AvgIpc) is 3.80. The van der Waals surface area contributed by atoms with Gasteiger partial charge in [-0.2, -0.15) is 0 Å². The molecule has 0 unspecified atom stereocenters. The van der Waals surface area contributed by atoms with E-state index in [0.29, 0.717) is 12.1 Å². The summed E-state index contributed by atoms with van der Waals surface area (Å²) < 4.78 is 32.3. The minimum Gasteiger partial charge on any atom is -0.443 e. The number of imidazole rings is 1. The third kappa shape index (κ3) is 12.1. The summed E-state index contributed by atoms with van der Waals surface area (Å²) in [5.74, 6) is -2.44. The van der Waals surface area contributed by atoms with Gasteiger partial charge in [-0.15, -0.1) is 0 Å². The SMILES string of the molecule is CC(C)(C)OC(=O)n1cnc(C[C@H](NC(=O)[C@H](Cc2ccccc2)CS(=O)(=O)C(C)(C)C)C(=O)N[C@@H](CC2CCCCC2)[C@@H](O)[C@@H](O)C2CC2)c1. The fourth-order valence-electron chi connectivity index (χ4n) is 6.54. The molecule has 2 aliphatic carbocycles. The summed E-state index contributed by atoms with van der Waals surface area (Å²) in [7, 11) is -3.75. The average molecular weight is 731 g/mol. The van der Waals surface area contributed by atoms with Crippen LogP contribution in [0.15, 0.2) is 42.9 Å². The van der Waals surface area contributed by atoms with Crippen molar-refractivity contribution in [3.8, 4) is 0 Å². The van der Waals surface area contributed by atoms with E-state index in [1.165, 1.54) is 12.5 Å². The van der Waals surface area contributed by atoms with Crippen LogP contribution >= 0.6 is 0 Å². The molecule has 0 aliphatic heterocycles. The lowest BCUT2D eigenvalue weighted by molar-refractivity contribution is -0.132. The summed E-state index contributed by atoms with van der Waals surface area (Å²) in [5, 5.41) is 28.1. The van der Waals surface area contributed by atoms with Crippen LogP contribution in [0.1, 0.15) is 104 Å². The van der Waals surface area contributed by atoms with Gasteiger partial charge in [-0.3, -0.25) is 9.59 Å². The lowest BCUT2D eigenvalue weighted by Crippen LogP contribution is -2.57. The van der Waals surface area contributed by atoms with Gasteiger partial charge in [0.05, 0.1) is 34.3 Å². The molecule has 4 N–H and O–H groups in total. The van der Waals surface area contributed by atoms with Crippen LogP contribution in [0.4, 0.5) is 4.79 Å². The van der Waals surface area contributed by atoms with E-state index >= 15 is 0 Å². The molecule has 5 atom stereocenters. The first kappa shape index (κ1) is 40.5. The Kier molecular flexibility index (Phi) is 13.5. The van der Waals surface area contributed by atoms with Crippen molar-refractivity contribution in [2.45, 2.75) is 140 Å². The topological polar surface area (TPSA) is 177 Å². The highest BCUT2D eigenvalue weighted by Crippen LogP contribution is 2.36. The predicted molar refractivity (Wildman–Crippen MR) is 195 cm³/mol. The number of benzene rings is 1. The Morgan fingerprint density at radius 2 is 1.57 bits per heavy atom. The number of hydrogen-bond acceptors (Lipinski definition) is 9. The van der Waals surface area contributed by atoms with Crippen molar-refractivity contribution in [3.63, 3.8) is 0 Å². The second kappa shape index (κ2) is 17.0. The number of carbonyl (C=O) groups is 3. The summed E-state index contributed by atoms with van der Waals surface area (Å²) >= 11 is 0. The largest absolute Gasteiger partial charge is 0.443 e. The molecule has 0 bridgehead atoms. The summed E-state index contributed by atoms with van der Waals surface area (Å²) in [6, 6.07) is 7.09. The molecule has 51 heavy (non-hydrogen) atoms. The Hall–Kier alpha value is -3.29. The predicted octanol–water partition coefficient (Wildman–Crippen LogP) is 4.35. The van der Waals surface area contributed by atoms with Crippen LogP contribution in [-0.4, -0.2) is 86.5 Å². The maximum absolute atomic E-state index is 14.2. The maximum Gasteiger partial charge on any atom is 0.419 e.